The highest BCUT2D eigenvalue weighted by atomic mass is 15.3. The molecule has 6 heteroatoms. The zero-order valence-electron chi connectivity index (χ0n) is 33.9. The summed E-state index contributed by atoms with van der Waals surface area (Å²) in [6, 6.07) is 43.5. The van der Waals surface area contributed by atoms with Crippen LogP contribution in [0.3, 0.4) is 0 Å². The van der Waals surface area contributed by atoms with Gasteiger partial charge in [-0.05, 0) is 72.4 Å². The lowest BCUT2D eigenvalue weighted by molar-refractivity contribution is -0.0726. The van der Waals surface area contributed by atoms with Gasteiger partial charge in [-0.25, -0.2) is 0 Å². The molecule has 4 aromatic carbocycles. The molecule has 0 aliphatic carbocycles. The van der Waals surface area contributed by atoms with E-state index in [1.165, 1.54) is 100 Å². The molecule has 0 unspecified atom stereocenters. The Labute approximate surface area is 332 Å². The molecule has 55 heavy (non-hydrogen) atoms. The minimum atomic E-state index is 0.407. The highest BCUT2D eigenvalue weighted by Gasteiger charge is 2.54. The van der Waals surface area contributed by atoms with E-state index in [0.717, 1.165) is 43.9 Å². The van der Waals surface area contributed by atoms with Crippen LogP contribution in [0.25, 0.3) is 0 Å². The second-order valence-corrected chi connectivity index (χ2v) is 17.9. The fourth-order valence-corrected chi connectivity index (χ4v) is 11.0. The fraction of sp³-hybridized carbons (Fsp3) is 0.510. The monoisotopic (exact) mass is 739 g/mol. The summed E-state index contributed by atoms with van der Waals surface area (Å²) in [6.45, 7) is 22.6. The summed E-state index contributed by atoms with van der Waals surface area (Å²) in [5.74, 6) is 2.52. The number of likely N-dealkylation sites (tertiary alicyclic amines) is 4. The zero-order valence-corrected chi connectivity index (χ0v) is 33.9. The Balaban J connectivity index is 0.000000120. The fourth-order valence-electron chi connectivity index (χ4n) is 11.0. The van der Waals surface area contributed by atoms with Gasteiger partial charge in [0.1, 0.15) is 0 Å². The molecule has 292 valence electrons. The number of hydrogen-bond donors (Lipinski definition) is 2. The van der Waals surface area contributed by atoms with Crippen molar-refractivity contribution in [2.45, 2.75) is 82.8 Å². The number of hydrogen-bond acceptors (Lipinski definition) is 6. The lowest BCUT2D eigenvalue weighted by Crippen LogP contribution is -2.66. The molecule has 4 aromatic rings. The average molecular weight is 739 g/mol. The Kier molecular flexibility index (Phi) is 11.9. The summed E-state index contributed by atoms with van der Waals surface area (Å²) in [5.41, 5.74) is 7.11. The van der Waals surface area contributed by atoms with E-state index < -0.39 is 0 Å². The third kappa shape index (κ3) is 8.10. The van der Waals surface area contributed by atoms with Crippen molar-refractivity contribution >= 4 is 0 Å². The standard InChI is InChI=1S/C21H26N2.2C14H20N2/c1-18-14-23(16-20-10-6-3-7-11-20)21(18)12-13-22(17-21)15-19-8-4-2-5-9-19;2*1-12-9-16(14(12)7-8-15-11-14)10-13-5-3-2-4-6-13/h2-11,18H,12-17H2,1H3;2*2-6,12,15H,7-11H2,1H3/t18-,21-;2*12-,14-/m000/s1. The van der Waals surface area contributed by atoms with E-state index in [9.17, 15) is 0 Å². The highest BCUT2D eigenvalue weighted by Crippen LogP contribution is 2.45. The zero-order chi connectivity index (χ0) is 37.7. The molecule has 6 atom stereocenters. The maximum Gasteiger partial charge on any atom is 0.0390 e. The molecule has 6 nitrogen and oxygen atoms in total. The van der Waals surface area contributed by atoms with E-state index in [-0.39, 0.29) is 0 Å². The minimum absolute atomic E-state index is 0.407. The summed E-state index contributed by atoms with van der Waals surface area (Å²) in [7, 11) is 0. The molecular formula is C49H66N6. The normalized spacial score (nSPS) is 31.7. The van der Waals surface area contributed by atoms with Crippen LogP contribution in [0.1, 0.15) is 62.3 Å². The molecule has 0 amide bonds. The van der Waals surface area contributed by atoms with Gasteiger partial charge in [0.15, 0.2) is 0 Å². The number of nitrogens with one attached hydrogen (secondary N) is 2. The van der Waals surface area contributed by atoms with Gasteiger partial charge < -0.3 is 10.6 Å². The molecule has 0 radical (unpaired) electrons. The SMILES string of the molecule is C[C@H]1CN(Cc2ccccc2)[C@]12CCN(Cc1ccccc1)C2.C[C@H]1CN(Cc2ccccc2)[C@]12CCNC2.C[C@H]1CN(Cc2ccccc2)[C@]12CCNC2. The van der Waals surface area contributed by atoms with Crippen LogP contribution in [0.2, 0.25) is 0 Å². The quantitative estimate of drug-likeness (QED) is 0.195. The molecular weight excluding hydrogens is 673 g/mol. The number of rotatable bonds is 8. The van der Waals surface area contributed by atoms with Crippen LogP contribution in [0.5, 0.6) is 0 Å². The maximum atomic E-state index is 3.52. The predicted molar refractivity (Wildman–Crippen MR) is 228 cm³/mol. The molecule has 0 saturated carbocycles. The van der Waals surface area contributed by atoms with Gasteiger partial charge in [0, 0.05) is 88.6 Å². The van der Waals surface area contributed by atoms with Crippen LogP contribution in [0.4, 0.5) is 0 Å². The smallest absolute Gasteiger partial charge is 0.0390 e. The Morgan fingerprint density at radius 2 is 0.800 bits per heavy atom. The van der Waals surface area contributed by atoms with Crippen molar-refractivity contribution in [2.24, 2.45) is 17.8 Å². The van der Waals surface area contributed by atoms with E-state index in [2.05, 4.69) is 172 Å². The lowest BCUT2D eigenvalue weighted by atomic mass is 9.74. The van der Waals surface area contributed by atoms with Crippen molar-refractivity contribution in [3.63, 3.8) is 0 Å². The second kappa shape index (κ2) is 17.0. The van der Waals surface area contributed by atoms with Crippen molar-refractivity contribution in [1.82, 2.24) is 30.2 Å². The average Bonchev–Trinajstić information content (AvgIpc) is 4.04. The third-order valence-electron chi connectivity index (χ3n) is 14.7. The molecule has 0 bridgehead atoms. The molecule has 0 aromatic heterocycles. The van der Waals surface area contributed by atoms with Gasteiger partial charge in [0.05, 0.1) is 0 Å². The molecule has 3 spiro atoms. The van der Waals surface area contributed by atoms with E-state index >= 15 is 0 Å². The van der Waals surface area contributed by atoms with Gasteiger partial charge >= 0.3 is 0 Å². The largest absolute Gasteiger partial charge is 0.315 e. The van der Waals surface area contributed by atoms with Crippen LogP contribution in [0.15, 0.2) is 121 Å². The molecule has 6 aliphatic heterocycles. The van der Waals surface area contributed by atoms with Gasteiger partial charge in [-0.3, -0.25) is 19.6 Å². The van der Waals surface area contributed by atoms with Crippen LogP contribution < -0.4 is 10.6 Å². The Hall–Kier alpha value is -3.36. The van der Waals surface area contributed by atoms with Crippen molar-refractivity contribution < 1.29 is 0 Å². The van der Waals surface area contributed by atoms with Crippen LogP contribution in [-0.2, 0) is 26.2 Å². The lowest BCUT2D eigenvalue weighted by Gasteiger charge is -2.56. The van der Waals surface area contributed by atoms with Crippen LogP contribution in [-0.4, -0.2) is 95.1 Å². The van der Waals surface area contributed by atoms with E-state index in [4.69, 9.17) is 0 Å². The first kappa shape index (κ1) is 38.5. The Morgan fingerprint density at radius 3 is 1.13 bits per heavy atom. The summed E-state index contributed by atoms with van der Waals surface area (Å²) >= 11 is 0. The van der Waals surface area contributed by atoms with E-state index in [1.54, 1.807) is 0 Å². The molecule has 2 N–H and O–H groups in total. The van der Waals surface area contributed by atoms with Crippen molar-refractivity contribution in [3.05, 3.63) is 144 Å². The molecule has 10 rings (SSSR count). The van der Waals surface area contributed by atoms with Gasteiger partial charge in [0.2, 0.25) is 0 Å². The highest BCUT2D eigenvalue weighted by molar-refractivity contribution is 5.22. The second-order valence-electron chi connectivity index (χ2n) is 17.9. The first-order valence-corrected chi connectivity index (χ1v) is 21.4. The summed E-state index contributed by atoms with van der Waals surface area (Å²) in [4.78, 5) is 10.7. The van der Waals surface area contributed by atoms with Gasteiger partial charge in [-0.15, -0.1) is 0 Å². The first-order chi connectivity index (χ1) is 26.9. The predicted octanol–water partition coefficient (Wildman–Crippen LogP) is 7.52. The molecule has 6 heterocycles. The topological polar surface area (TPSA) is 37.0 Å². The van der Waals surface area contributed by atoms with Gasteiger partial charge in [-0.1, -0.05) is 142 Å². The van der Waals surface area contributed by atoms with E-state index in [0.29, 0.717) is 16.6 Å². The summed E-state index contributed by atoms with van der Waals surface area (Å²) in [6.07, 6.45) is 3.95. The summed E-state index contributed by atoms with van der Waals surface area (Å²) in [5, 5.41) is 7.04. The minimum Gasteiger partial charge on any atom is -0.315 e. The number of nitrogens with zero attached hydrogens (tertiary/aromatic N) is 4. The summed E-state index contributed by atoms with van der Waals surface area (Å²) < 4.78 is 0. The van der Waals surface area contributed by atoms with Crippen LogP contribution in [0, 0.1) is 17.8 Å². The first-order valence-electron chi connectivity index (χ1n) is 21.4. The van der Waals surface area contributed by atoms with E-state index in [1.807, 2.05) is 0 Å². The maximum absolute atomic E-state index is 3.52. The third-order valence-corrected chi connectivity index (χ3v) is 14.7. The molecule has 6 aliphatic rings. The molecule has 6 saturated heterocycles. The van der Waals surface area contributed by atoms with Crippen molar-refractivity contribution in [1.29, 1.82) is 0 Å². The van der Waals surface area contributed by atoms with Gasteiger partial charge in [-0.2, -0.15) is 0 Å². The van der Waals surface area contributed by atoms with Gasteiger partial charge in [0.25, 0.3) is 0 Å². The Bertz CT molecular complexity index is 1680. The molecule has 6 fully saturated rings. The Morgan fingerprint density at radius 1 is 0.455 bits per heavy atom. The van der Waals surface area contributed by atoms with Crippen molar-refractivity contribution in [2.75, 3.05) is 58.9 Å². The van der Waals surface area contributed by atoms with Crippen LogP contribution >= 0.6 is 0 Å². The number of benzene rings is 4. The van der Waals surface area contributed by atoms with Crippen molar-refractivity contribution in [3.8, 4) is 0 Å².